The molecule has 2 nitrogen and oxygen atoms in total. The van der Waals surface area contributed by atoms with Crippen LogP contribution in [0.5, 0.6) is 0 Å². The summed E-state index contributed by atoms with van der Waals surface area (Å²) in [7, 11) is 0. The molecule has 0 aliphatic carbocycles. The molecule has 0 N–H and O–H groups in total. The Bertz CT molecular complexity index is 2250. The average molecular weight is 697 g/mol. The summed E-state index contributed by atoms with van der Waals surface area (Å²) in [5, 5.41) is 0. The van der Waals surface area contributed by atoms with Crippen molar-refractivity contribution >= 4 is 34.1 Å². The van der Waals surface area contributed by atoms with Gasteiger partial charge in [0.1, 0.15) is 0 Å². The predicted octanol–water partition coefficient (Wildman–Crippen LogP) is 14.1. The first-order valence-electron chi connectivity index (χ1n) is 18.8. The fourth-order valence-corrected chi connectivity index (χ4v) is 7.32. The topological polar surface area (TPSA) is 6.48 Å². The molecule has 0 radical (unpaired) electrons. The van der Waals surface area contributed by atoms with Gasteiger partial charge in [0.25, 0.3) is 0 Å². The zero-order chi connectivity index (χ0) is 36.7. The van der Waals surface area contributed by atoms with Crippen molar-refractivity contribution in [3.8, 4) is 11.1 Å². The van der Waals surface area contributed by atoms with Crippen molar-refractivity contribution in [2.24, 2.45) is 0 Å². The lowest BCUT2D eigenvalue weighted by molar-refractivity contribution is 1.15. The summed E-state index contributed by atoms with van der Waals surface area (Å²) in [4.78, 5) is 4.69. The van der Waals surface area contributed by atoms with Gasteiger partial charge in [0.05, 0.1) is 0 Å². The summed E-state index contributed by atoms with van der Waals surface area (Å²) in [5.74, 6) is 0. The van der Waals surface area contributed by atoms with Gasteiger partial charge in [-0.3, -0.25) is 0 Å². The van der Waals surface area contributed by atoms with Crippen LogP contribution in [-0.2, 0) is 12.8 Å². The first-order valence-corrected chi connectivity index (χ1v) is 18.8. The zero-order valence-electron chi connectivity index (χ0n) is 30.9. The van der Waals surface area contributed by atoms with Gasteiger partial charge in [0.2, 0.25) is 0 Å². The number of para-hydroxylation sites is 2. The molecule has 0 unspecified atom stereocenters. The molecule has 0 aliphatic heterocycles. The van der Waals surface area contributed by atoms with Crippen LogP contribution in [0.15, 0.2) is 206 Å². The van der Waals surface area contributed by atoms with E-state index in [1.807, 2.05) is 0 Å². The summed E-state index contributed by atoms with van der Waals surface area (Å²) < 4.78 is 0. The Morgan fingerprint density at radius 3 is 0.926 bits per heavy atom. The Labute approximate surface area is 320 Å². The normalized spacial score (nSPS) is 10.9. The molecule has 0 atom stereocenters. The van der Waals surface area contributed by atoms with Crippen LogP contribution in [0.25, 0.3) is 11.1 Å². The van der Waals surface area contributed by atoms with Crippen molar-refractivity contribution in [3.63, 3.8) is 0 Å². The molecule has 8 rings (SSSR count). The van der Waals surface area contributed by atoms with E-state index in [2.05, 4.69) is 230 Å². The number of nitrogens with zero attached hydrogens (tertiary/aromatic N) is 2. The minimum Gasteiger partial charge on any atom is -0.310 e. The smallest absolute Gasteiger partial charge is 0.0464 e. The van der Waals surface area contributed by atoms with Crippen LogP contribution in [-0.4, -0.2) is 0 Å². The highest BCUT2D eigenvalue weighted by Crippen LogP contribution is 2.39. The SMILES string of the molecule is Cc1cc(N(c2ccccc2)c2ccc(-c3ccc(N(c4ccccc4)c4ccc(Cc5ccccc5)c(C)c4)cc3)cc2)ccc1Cc1ccccc1. The second-order valence-corrected chi connectivity index (χ2v) is 14.0. The lowest BCUT2D eigenvalue weighted by Gasteiger charge is -2.27. The Balaban J connectivity index is 1.06. The van der Waals surface area contributed by atoms with Crippen molar-refractivity contribution in [1.82, 2.24) is 0 Å². The third kappa shape index (κ3) is 7.74. The van der Waals surface area contributed by atoms with Crippen molar-refractivity contribution in [2.75, 3.05) is 9.80 Å². The summed E-state index contributed by atoms with van der Waals surface area (Å²) in [6.07, 6.45) is 1.85. The Morgan fingerprint density at radius 2 is 0.593 bits per heavy atom. The molecule has 0 amide bonds. The molecule has 0 fully saturated rings. The van der Waals surface area contributed by atoms with Gasteiger partial charge in [-0.1, -0.05) is 133 Å². The van der Waals surface area contributed by atoms with Gasteiger partial charge in [-0.25, -0.2) is 0 Å². The molecule has 54 heavy (non-hydrogen) atoms. The summed E-state index contributed by atoms with van der Waals surface area (Å²) in [6.45, 7) is 4.44. The van der Waals surface area contributed by atoms with E-state index >= 15 is 0 Å². The Morgan fingerprint density at radius 1 is 0.296 bits per heavy atom. The second-order valence-electron chi connectivity index (χ2n) is 14.0. The molecule has 0 saturated heterocycles. The highest BCUT2D eigenvalue weighted by molar-refractivity contribution is 5.81. The molecule has 8 aromatic rings. The van der Waals surface area contributed by atoms with Gasteiger partial charge in [-0.05, 0) is 144 Å². The van der Waals surface area contributed by atoms with Crippen LogP contribution in [0.2, 0.25) is 0 Å². The van der Waals surface area contributed by atoms with E-state index in [0.717, 1.165) is 47.0 Å². The molecule has 0 aliphatic rings. The maximum Gasteiger partial charge on any atom is 0.0464 e. The van der Waals surface area contributed by atoms with Gasteiger partial charge < -0.3 is 9.80 Å². The van der Waals surface area contributed by atoms with Crippen molar-refractivity contribution in [2.45, 2.75) is 26.7 Å². The number of anilines is 6. The third-order valence-electron chi connectivity index (χ3n) is 10.3. The standard InChI is InChI=1S/C52H44N2/c1-39-35-51(33-27-45(39)37-41-15-7-3-8-16-41)53(47-19-11-5-12-20-47)49-29-23-43(24-30-49)44-25-31-50(32-26-44)54(48-21-13-6-14-22-48)52-34-28-46(40(2)36-52)38-42-17-9-4-10-18-42/h3-36H,37-38H2,1-2H3. The van der Waals surface area contributed by atoms with Crippen LogP contribution in [0.1, 0.15) is 33.4 Å². The zero-order valence-corrected chi connectivity index (χ0v) is 30.9. The molecule has 0 aromatic heterocycles. The quantitative estimate of drug-likeness (QED) is 0.133. The van der Waals surface area contributed by atoms with Gasteiger partial charge in [0.15, 0.2) is 0 Å². The van der Waals surface area contributed by atoms with Crippen LogP contribution in [0.3, 0.4) is 0 Å². The van der Waals surface area contributed by atoms with Crippen LogP contribution < -0.4 is 9.80 Å². The number of rotatable bonds is 11. The Kier molecular flexibility index (Phi) is 10.2. The van der Waals surface area contributed by atoms with Crippen LogP contribution in [0.4, 0.5) is 34.1 Å². The van der Waals surface area contributed by atoms with Gasteiger partial charge >= 0.3 is 0 Å². The lowest BCUT2D eigenvalue weighted by atomic mass is 9.99. The fraction of sp³-hybridized carbons (Fsp3) is 0.0769. The molecular weight excluding hydrogens is 653 g/mol. The lowest BCUT2D eigenvalue weighted by Crippen LogP contribution is -2.10. The number of aryl methyl sites for hydroxylation is 2. The monoisotopic (exact) mass is 696 g/mol. The van der Waals surface area contributed by atoms with Crippen molar-refractivity contribution in [3.05, 3.63) is 240 Å². The maximum atomic E-state index is 2.34. The van der Waals surface area contributed by atoms with E-state index in [4.69, 9.17) is 0 Å². The number of hydrogen-bond donors (Lipinski definition) is 0. The Hall–Kier alpha value is -6.64. The summed E-state index contributed by atoms with van der Waals surface area (Å²) >= 11 is 0. The molecule has 0 saturated carbocycles. The van der Waals surface area contributed by atoms with Crippen LogP contribution in [0, 0.1) is 13.8 Å². The molecule has 0 bridgehead atoms. The van der Waals surface area contributed by atoms with E-state index in [-0.39, 0.29) is 0 Å². The van der Waals surface area contributed by atoms with Gasteiger partial charge in [-0.15, -0.1) is 0 Å². The molecular formula is C52H44N2. The first-order chi connectivity index (χ1) is 26.6. The van der Waals surface area contributed by atoms with Crippen molar-refractivity contribution < 1.29 is 0 Å². The second kappa shape index (κ2) is 15.9. The fourth-order valence-electron chi connectivity index (χ4n) is 7.32. The van der Waals surface area contributed by atoms with E-state index in [9.17, 15) is 0 Å². The molecule has 262 valence electrons. The predicted molar refractivity (Wildman–Crippen MR) is 229 cm³/mol. The average Bonchev–Trinajstić information content (AvgIpc) is 3.22. The van der Waals surface area contributed by atoms with E-state index in [0.29, 0.717) is 0 Å². The highest BCUT2D eigenvalue weighted by atomic mass is 15.1. The first kappa shape index (κ1) is 34.4. The molecule has 0 spiro atoms. The minimum atomic E-state index is 0.926. The van der Waals surface area contributed by atoms with E-state index < -0.39 is 0 Å². The number of hydrogen-bond acceptors (Lipinski definition) is 2. The number of benzene rings is 8. The van der Waals surface area contributed by atoms with Crippen molar-refractivity contribution in [1.29, 1.82) is 0 Å². The molecule has 8 aromatic carbocycles. The summed E-state index contributed by atoms with van der Waals surface area (Å²) in [5.41, 5.74) is 17.1. The highest BCUT2D eigenvalue weighted by Gasteiger charge is 2.16. The molecule has 2 heteroatoms. The van der Waals surface area contributed by atoms with Gasteiger partial charge in [0, 0.05) is 34.1 Å². The van der Waals surface area contributed by atoms with Gasteiger partial charge in [-0.2, -0.15) is 0 Å². The van der Waals surface area contributed by atoms with E-state index in [1.54, 1.807) is 0 Å². The van der Waals surface area contributed by atoms with E-state index in [1.165, 1.54) is 44.5 Å². The third-order valence-corrected chi connectivity index (χ3v) is 10.3. The summed E-state index contributed by atoms with van der Waals surface area (Å²) in [6, 6.07) is 74.3. The maximum absolute atomic E-state index is 2.34. The molecule has 0 heterocycles. The van der Waals surface area contributed by atoms with Crippen LogP contribution >= 0.6 is 0 Å². The largest absolute Gasteiger partial charge is 0.310 e. The minimum absolute atomic E-state index is 0.926.